The van der Waals surface area contributed by atoms with Crippen LogP contribution in [0.1, 0.15) is 99.7 Å². The number of imidazole rings is 1. The summed E-state index contributed by atoms with van der Waals surface area (Å²) in [6.07, 6.45) is 9.59. The minimum Gasteiger partial charge on any atom is -0.391 e. The number of rotatable bonds is 8. The summed E-state index contributed by atoms with van der Waals surface area (Å²) in [5, 5.41) is 5.66. The fraction of sp³-hybridized carbons (Fsp3) is 0.559. The topological polar surface area (TPSA) is 67.6 Å². The largest absolute Gasteiger partial charge is 0.391 e. The van der Waals surface area contributed by atoms with Crippen LogP contribution >= 0.6 is 34.3 Å². The zero-order valence-corrected chi connectivity index (χ0v) is 38.0. The molecule has 0 atom stereocenters. The zero-order valence-electron chi connectivity index (χ0n) is 26.8. The van der Waals surface area contributed by atoms with Gasteiger partial charge in [-0.15, -0.1) is 22.4 Å². The molecular formula is C34H62ClN4OS2W3-3. The van der Waals surface area contributed by atoms with E-state index in [4.69, 9.17) is 16.1 Å². The van der Waals surface area contributed by atoms with Crippen molar-refractivity contribution in [3.05, 3.63) is 89.0 Å². The Bertz CT molecular complexity index is 930. The number of hydrogen-bond acceptors (Lipinski definition) is 6. The average Bonchev–Trinajstić information content (AvgIpc) is 3.58. The molecule has 45 heavy (non-hydrogen) atoms. The van der Waals surface area contributed by atoms with Crippen molar-refractivity contribution in [2.45, 2.75) is 103 Å². The number of aromatic nitrogens is 4. The molecule has 4 aromatic heterocycles. The molecule has 0 saturated carbocycles. The van der Waals surface area contributed by atoms with Crippen LogP contribution in [0.2, 0.25) is 4.34 Å². The number of nitrogens with zero attached hydrogens (tertiary/aromatic N) is 3. The molecule has 0 bridgehead atoms. The first-order valence-corrected chi connectivity index (χ1v) is 15.0. The monoisotopic (exact) mass is 1190 g/mol. The van der Waals surface area contributed by atoms with Gasteiger partial charge in [-0.1, -0.05) is 107 Å². The Morgan fingerprint density at radius 3 is 1.71 bits per heavy atom. The van der Waals surface area contributed by atoms with E-state index in [0.717, 1.165) is 41.7 Å². The number of halogens is 1. The van der Waals surface area contributed by atoms with Crippen LogP contribution in [0.15, 0.2) is 46.8 Å². The first kappa shape index (κ1) is 63.7. The van der Waals surface area contributed by atoms with E-state index < -0.39 is 0 Å². The quantitative estimate of drug-likeness (QED) is 0.179. The summed E-state index contributed by atoms with van der Waals surface area (Å²) in [4.78, 5) is 12.4. The molecule has 0 unspecified atom stereocenters. The first-order chi connectivity index (χ1) is 17.5. The second-order valence-electron chi connectivity index (χ2n) is 10.6. The Morgan fingerprint density at radius 2 is 1.36 bits per heavy atom. The SMILES string of the molecule is C.C.C.CC(C)Cc1ccc(Cl)s1.CC(C)Cc1ccno1.CC(C)Cc1cnc[nH]1.CC(C)Cc1cs[c-]n1.[CH3-].[CH3-].[W].[W].[W]. The van der Waals surface area contributed by atoms with E-state index >= 15 is 0 Å². The van der Waals surface area contributed by atoms with Gasteiger partial charge in [0.1, 0.15) is 5.76 Å². The van der Waals surface area contributed by atoms with Crippen LogP contribution in [0, 0.1) is 44.0 Å². The van der Waals surface area contributed by atoms with E-state index in [1.807, 2.05) is 18.3 Å². The van der Waals surface area contributed by atoms with Gasteiger partial charge in [-0.3, -0.25) is 11.3 Å². The van der Waals surface area contributed by atoms with E-state index in [1.165, 1.54) is 16.3 Å². The maximum absolute atomic E-state index is 5.76. The number of aromatic amines is 1. The number of thiophene rings is 1. The van der Waals surface area contributed by atoms with Crippen molar-refractivity contribution in [1.82, 2.24) is 20.1 Å². The Labute approximate surface area is 335 Å². The van der Waals surface area contributed by atoms with Gasteiger partial charge in [0.25, 0.3) is 0 Å². The Hall–Kier alpha value is 0.105. The maximum Gasteiger partial charge on any atom is 0.136 e. The maximum atomic E-state index is 5.76. The fourth-order valence-electron chi connectivity index (χ4n) is 3.17. The second kappa shape index (κ2) is 38.6. The molecule has 4 aromatic rings. The van der Waals surface area contributed by atoms with Gasteiger partial charge in [-0.2, -0.15) is 0 Å². The molecule has 0 radical (unpaired) electrons. The smallest absolute Gasteiger partial charge is 0.136 e. The Kier molecular flexibility index (Phi) is 54.6. The van der Waals surface area contributed by atoms with Crippen molar-refractivity contribution < 1.29 is 67.7 Å². The van der Waals surface area contributed by atoms with E-state index in [2.05, 4.69) is 92.5 Å². The number of nitrogens with one attached hydrogen (secondary N) is 1. The fourth-order valence-corrected chi connectivity index (χ4v) is 4.97. The molecule has 0 spiro atoms. The van der Waals surface area contributed by atoms with Gasteiger partial charge >= 0.3 is 0 Å². The summed E-state index contributed by atoms with van der Waals surface area (Å²) >= 11 is 8.99. The number of thiazole rings is 1. The molecule has 0 aromatic carbocycles. The summed E-state index contributed by atoms with van der Waals surface area (Å²) in [6.45, 7) is 17.5. The Morgan fingerprint density at radius 1 is 0.800 bits per heavy atom. The minimum absolute atomic E-state index is 0. The van der Waals surface area contributed by atoms with Gasteiger partial charge in [0.15, 0.2) is 0 Å². The molecule has 4 heterocycles. The van der Waals surface area contributed by atoms with Gasteiger partial charge in [-0.25, -0.2) is 4.98 Å². The molecule has 0 saturated heterocycles. The predicted octanol–water partition coefficient (Wildman–Crippen LogP) is 12.0. The summed E-state index contributed by atoms with van der Waals surface area (Å²) in [7, 11) is 0. The molecule has 0 aliphatic carbocycles. The molecular weight excluding hydrogens is 1130 g/mol. The third kappa shape index (κ3) is 36.8. The van der Waals surface area contributed by atoms with E-state index in [0.29, 0.717) is 17.8 Å². The zero-order chi connectivity index (χ0) is 27.6. The first-order valence-electron chi connectivity index (χ1n) is 13.0. The van der Waals surface area contributed by atoms with Gasteiger partial charge in [0.2, 0.25) is 0 Å². The molecule has 264 valence electrons. The molecule has 0 aliphatic rings. The van der Waals surface area contributed by atoms with Crippen LogP contribution in [0.4, 0.5) is 0 Å². The van der Waals surface area contributed by atoms with Crippen LogP contribution in [0.3, 0.4) is 0 Å². The number of H-pyrrole nitrogens is 1. The molecule has 0 aliphatic heterocycles. The second-order valence-corrected chi connectivity index (χ2v) is 13.0. The molecule has 1 N–H and O–H groups in total. The van der Waals surface area contributed by atoms with E-state index in [-0.39, 0.29) is 100 Å². The summed E-state index contributed by atoms with van der Waals surface area (Å²) in [5.74, 6) is 3.78. The van der Waals surface area contributed by atoms with Crippen LogP contribution in [-0.4, -0.2) is 20.1 Å². The van der Waals surface area contributed by atoms with E-state index in [9.17, 15) is 0 Å². The van der Waals surface area contributed by atoms with Crippen molar-refractivity contribution >= 4 is 34.3 Å². The number of hydrogen-bond donors (Lipinski definition) is 1. The average molecular weight is 1190 g/mol. The molecule has 5 nitrogen and oxygen atoms in total. The van der Waals surface area contributed by atoms with Crippen molar-refractivity contribution in [1.29, 1.82) is 0 Å². The van der Waals surface area contributed by atoms with Crippen molar-refractivity contribution in [2.75, 3.05) is 0 Å². The van der Waals surface area contributed by atoms with Crippen molar-refractivity contribution in [3.63, 3.8) is 0 Å². The summed E-state index contributed by atoms with van der Waals surface area (Å²) < 4.78 is 5.79. The van der Waals surface area contributed by atoms with Gasteiger partial charge in [0.05, 0.1) is 16.9 Å². The van der Waals surface area contributed by atoms with Crippen LogP contribution in [0.25, 0.3) is 0 Å². The van der Waals surface area contributed by atoms with Gasteiger partial charge < -0.3 is 29.3 Å². The Balaban J connectivity index is -0.0000000639. The molecule has 4 rings (SSSR count). The van der Waals surface area contributed by atoms with Gasteiger partial charge in [0, 0.05) is 92.5 Å². The van der Waals surface area contributed by atoms with Crippen molar-refractivity contribution in [2.24, 2.45) is 23.7 Å². The third-order valence-corrected chi connectivity index (χ3v) is 6.42. The minimum atomic E-state index is 0. The molecule has 0 amide bonds. The van der Waals surface area contributed by atoms with Crippen molar-refractivity contribution in [3.8, 4) is 0 Å². The van der Waals surface area contributed by atoms with Crippen LogP contribution in [-0.2, 0) is 88.9 Å². The van der Waals surface area contributed by atoms with Crippen LogP contribution in [0.5, 0.6) is 0 Å². The molecule has 11 heteroatoms. The third-order valence-electron chi connectivity index (χ3n) is 4.58. The van der Waals surface area contributed by atoms with Gasteiger partial charge in [-0.05, 0) is 48.2 Å². The molecule has 0 fully saturated rings. The van der Waals surface area contributed by atoms with Crippen LogP contribution < -0.4 is 0 Å². The predicted molar refractivity (Wildman–Crippen MR) is 193 cm³/mol. The normalized spacial score (nSPS) is 8.73. The van der Waals surface area contributed by atoms with E-state index in [1.54, 1.807) is 35.2 Å². The standard InChI is InChI=1S/C8H11ClS.C7H12N2.C7H11NO.C7H10NS.3CH4.2CH3.3W/c1-6(2)5-7-3-4-8(9)10-7;1-6(2)3-7-4-8-5-9-7;1-6(2)5-7-3-4-8-9-7;1-6(2)3-7-4-9-5-8-7;;;;;;;;/h3-4,6H,5H2,1-2H3;4-6H,3H2,1-2H3,(H,8,9);3-4,6H,5H2,1-2H3;4,6H,3H2,1-2H3;3*1H4;2*1H3;;;/q;;;-1;;;;2*-1;;;. The summed E-state index contributed by atoms with van der Waals surface area (Å²) in [6, 6.07) is 5.97. The summed E-state index contributed by atoms with van der Waals surface area (Å²) in [5.41, 5.74) is 5.23.